The van der Waals surface area contributed by atoms with Crippen LogP contribution in [-0.2, 0) is 0 Å². The highest BCUT2D eigenvalue weighted by atomic mass is 16.2. The number of nitrogens with zero attached hydrogens (tertiary/aromatic N) is 2. The molecule has 0 fully saturated rings. The summed E-state index contributed by atoms with van der Waals surface area (Å²) in [5.74, 6) is -0.845. The topological polar surface area (TPSA) is 74.8 Å². The Morgan fingerprint density at radius 3 is 1.18 bits per heavy atom. The van der Waals surface area contributed by atoms with Crippen LogP contribution in [0.4, 0.5) is 0 Å². The minimum atomic E-state index is -0.236. The number of benzene rings is 5. The van der Waals surface area contributed by atoms with E-state index in [-0.39, 0.29) is 29.7 Å². The maximum absolute atomic E-state index is 14.4. The van der Waals surface area contributed by atoms with Crippen molar-refractivity contribution >= 4 is 66.7 Å². The largest absolute Gasteiger partial charge is 0.274 e. The minimum absolute atomic E-state index is 0.109. The van der Waals surface area contributed by atoms with Crippen molar-refractivity contribution in [2.75, 3.05) is 6.54 Å². The molecule has 2 heterocycles. The van der Waals surface area contributed by atoms with Gasteiger partial charge in [-0.2, -0.15) is 0 Å². The zero-order valence-electron chi connectivity index (χ0n) is 30.0. The van der Waals surface area contributed by atoms with Crippen LogP contribution in [0.15, 0.2) is 48.5 Å². The number of amides is 4. The fourth-order valence-electron chi connectivity index (χ4n) is 8.76. The summed E-state index contributed by atoms with van der Waals surface area (Å²) in [4.78, 5) is 59.3. The molecule has 0 aromatic heterocycles. The lowest BCUT2D eigenvalue weighted by atomic mass is 9.82. The van der Waals surface area contributed by atoms with Crippen molar-refractivity contribution in [1.29, 1.82) is 0 Å². The summed E-state index contributed by atoms with van der Waals surface area (Å²) in [6, 6.07) is 15.4. The van der Waals surface area contributed by atoms with Crippen LogP contribution in [0.25, 0.3) is 43.1 Å². The van der Waals surface area contributed by atoms with Crippen molar-refractivity contribution in [1.82, 2.24) is 9.80 Å². The van der Waals surface area contributed by atoms with Gasteiger partial charge in [0.25, 0.3) is 23.6 Å². The maximum Gasteiger partial charge on any atom is 0.261 e. The van der Waals surface area contributed by atoms with Crippen molar-refractivity contribution in [2.45, 2.75) is 123 Å². The van der Waals surface area contributed by atoms with Gasteiger partial charge in [-0.1, -0.05) is 122 Å². The number of carbonyl (C=O) groups excluding carboxylic acids is 4. The molecule has 6 heteroatoms. The molecule has 0 radical (unpaired) electrons. The number of carbonyl (C=O) groups is 4. The molecule has 0 atom stereocenters. The molecule has 7 rings (SSSR count). The van der Waals surface area contributed by atoms with Gasteiger partial charge in [-0.15, -0.1) is 0 Å². The molecule has 5 aromatic rings. The van der Waals surface area contributed by atoms with Gasteiger partial charge in [0.1, 0.15) is 0 Å². The molecule has 0 unspecified atom stereocenters. The molecule has 260 valence electrons. The summed E-state index contributed by atoms with van der Waals surface area (Å²) in [7, 11) is 0. The van der Waals surface area contributed by atoms with E-state index in [2.05, 4.69) is 20.8 Å². The summed E-state index contributed by atoms with van der Waals surface area (Å²) in [6.45, 7) is 6.96. The van der Waals surface area contributed by atoms with Crippen molar-refractivity contribution < 1.29 is 19.2 Å². The second-order valence-electron chi connectivity index (χ2n) is 14.7. The second-order valence-corrected chi connectivity index (χ2v) is 14.7. The van der Waals surface area contributed by atoms with Gasteiger partial charge in [0.15, 0.2) is 0 Å². The van der Waals surface area contributed by atoms with Crippen LogP contribution in [0.2, 0.25) is 0 Å². The molecule has 50 heavy (non-hydrogen) atoms. The monoisotopic (exact) mass is 670 g/mol. The van der Waals surface area contributed by atoms with E-state index >= 15 is 0 Å². The molecule has 0 saturated carbocycles. The van der Waals surface area contributed by atoms with E-state index in [1.165, 1.54) is 43.4 Å². The van der Waals surface area contributed by atoms with Crippen LogP contribution >= 0.6 is 0 Å². The first-order chi connectivity index (χ1) is 24.4. The molecule has 0 saturated heterocycles. The van der Waals surface area contributed by atoms with Crippen LogP contribution in [0.5, 0.6) is 0 Å². The molecule has 4 amide bonds. The van der Waals surface area contributed by atoms with E-state index in [4.69, 9.17) is 0 Å². The van der Waals surface area contributed by atoms with Gasteiger partial charge in [-0.25, -0.2) is 0 Å². The first-order valence-electron chi connectivity index (χ1n) is 19.4. The predicted molar refractivity (Wildman–Crippen MR) is 204 cm³/mol. The van der Waals surface area contributed by atoms with Crippen molar-refractivity contribution in [3.05, 3.63) is 70.8 Å². The Morgan fingerprint density at radius 2 is 0.780 bits per heavy atom. The molecule has 6 nitrogen and oxygen atoms in total. The van der Waals surface area contributed by atoms with Crippen LogP contribution in [-0.4, -0.2) is 46.0 Å². The molecule has 2 aliphatic rings. The number of rotatable bonds is 17. The Balaban J connectivity index is 1.31. The summed E-state index contributed by atoms with van der Waals surface area (Å²) < 4.78 is 0. The Labute approximate surface area is 295 Å². The third kappa shape index (κ3) is 5.65. The Morgan fingerprint density at radius 1 is 0.420 bits per heavy atom. The molecule has 0 N–H and O–H groups in total. The highest BCUT2D eigenvalue weighted by Crippen LogP contribution is 2.46. The molecule has 0 spiro atoms. The SMILES string of the molecule is CCCCCCCC(CCCCCCC)N1C(=O)c2ccc3c4ccc5c6c(ccc(c7ccc(c2c37)C1=O)c64)C(=O)N(CCCCC)C5=O. The van der Waals surface area contributed by atoms with E-state index in [9.17, 15) is 19.2 Å². The molecule has 2 aliphatic heterocycles. The van der Waals surface area contributed by atoms with Crippen LogP contribution in [0.1, 0.15) is 159 Å². The lowest BCUT2D eigenvalue weighted by Gasteiger charge is -2.35. The quantitative estimate of drug-likeness (QED) is 0.0427. The number of fused-ring (bicyclic) bond motifs is 2. The van der Waals surface area contributed by atoms with Gasteiger partial charge in [-0.3, -0.25) is 29.0 Å². The van der Waals surface area contributed by atoms with Crippen LogP contribution in [0.3, 0.4) is 0 Å². The smallest absolute Gasteiger partial charge is 0.261 e. The van der Waals surface area contributed by atoms with Crippen molar-refractivity contribution in [3.63, 3.8) is 0 Å². The molecule has 0 bridgehead atoms. The summed E-state index contributed by atoms with van der Waals surface area (Å²) in [5, 5.41) is 6.95. The minimum Gasteiger partial charge on any atom is -0.274 e. The maximum atomic E-state index is 14.4. The molecular weight excluding hydrogens is 620 g/mol. The van der Waals surface area contributed by atoms with E-state index in [1.54, 1.807) is 4.90 Å². The highest BCUT2D eigenvalue weighted by molar-refractivity contribution is 6.41. The van der Waals surface area contributed by atoms with Crippen LogP contribution < -0.4 is 0 Å². The fourth-order valence-corrected chi connectivity index (χ4v) is 8.76. The zero-order chi connectivity index (χ0) is 34.9. The summed E-state index contributed by atoms with van der Waals surface area (Å²) in [5.41, 5.74) is 2.29. The average Bonchev–Trinajstić information content (AvgIpc) is 3.13. The summed E-state index contributed by atoms with van der Waals surface area (Å²) in [6.07, 6.45) is 15.9. The van der Waals surface area contributed by atoms with Gasteiger partial charge < -0.3 is 0 Å². The highest BCUT2D eigenvalue weighted by Gasteiger charge is 2.39. The lowest BCUT2D eigenvalue weighted by molar-refractivity contribution is 0.0514. The Kier molecular flexibility index (Phi) is 9.90. The number of hydrogen-bond donors (Lipinski definition) is 0. The molecular formula is C44H50N2O4. The standard InChI is InChI=1S/C44H50N2O4/c1-4-7-10-12-14-17-28(18-15-13-11-8-5-2)46-43(49)35-25-21-31-29-19-23-33-39-34(42(48)45(41(33)47)27-16-9-6-3)24-20-30(37(29)39)32-22-26-36(44(46)50)40(35)38(31)32/h19-26,28H,4-18,27H2,1-3H3. The normalized spacial score (nSPS) is 14.6. The number of imide groups is 2. The first-order valence-corrected chi connectivity index (χ1v) is 19.4. The number of unbranched alkanes of at least 4 members (excludes halogenated alkanes) is 10. The predicted octanol–water partition coefficient (Wildman–Crippen LogP) is 11.2. The summed E-state index contributed by atoms with van der Waals surface area (Å²) >= 11 is 0. The van der Waals surface area contributed by atoms with Crippen molar-refractivity contribution in [2.24, 2.45) is 0 Å². The van der Waals surface area contributed by atoms with Gasteiger partial charge in [0.2, 0.25) is 0 Å². The van der Waals surface area contributed by atoms with Gasteiger partial charge in [-0.05, 0) is 75.8 Å². The van der Waals surface area contributed by atoms with Crippen LogP contribution in [0, 0.1) is 0 Å². The zero-order valence-corrected chi connectivity index (χ0v) is 30.0. The van der Waals surface area contributed by atoms with E-state index < -0.39 is 0 Å². The van der Waals surface area contributed by atoms with E-state index in [0.29, 0.717) is 34.2 Å². The van der Waals surface area contributed by atoms with Crippen molar-refractivity contribution in [3.8, 4) is 0 Å². The fraction of sp³-hybridized carbons (Fsp3) is 0.455. The first kappa shape index (κ1) is 34.1. The number of hydrogen-bond acceptors (Lipinski definition) is 4. The third-order valence-corrected chi connectivity index (χ3v) is 11.4. The van der Waals surface area contributed by atoms with E-state index in [0.717, 1.165) is 95.5 Å². The molecule has 5 aromatic carbocycles. The average molecular weight is 671 g/mol. The third-order valence-electron chi connectivity index (χ3n) is 11.4. The second kappa shape index (κ2) is 14.5. The Bertz CT molecular complexity index is 1980. The van der Waals surface area contributed by atoms with Gasteiger partial charge >= 0.3 is 0 Å². The van der Waals surface area contributed by atoms with Gasteiger partial charge in [0.05, 0.1) is 0 Å². The Hall–Kier alpha value is -4.32. The van der Waals surface area contributed by atoms with E-state index in [1.807, 2.05) is 48.5 Å². The van der Waals surface area contributed by atoms with Gasteiger partial charge in [0, 0.05) is 45.6 Å². The lowest BCUT2D eigenvalue weighted by Crippen LogP contribution is -2.47. The molecule has 0 aliphatic carbocycles.